The van der Waals surface area contributed by atoms with Crippen molar-refractivity contribution in [3.05, 3.63) is 40.9 Å². The largest absolute Gasteiger partial charge is 0.350 e. The van der Waals surface area contributed by atoms with Gasteiger partial charge >= 0.3 is 0 Å². The minimum absolute atomic E-state index is 0.0824. The summed E-state index contributed by atoms with van der Waals surface area (Å²) in [4.78, 5) is 40.0. The van der Waals surface area contributed by atoms with E-state index in [4.69, 9.17) is 0 Å². The minimum atomic E-state index is -0.341. The summed E-state index contributed by atoms with van der Waals surface area (Å²) in [7, 11) is 0. The Labute approximate surface area is 140 Å². The van der Waals surface area contributed by atoms with E-state index < -0.39 is 0 Å². The molecule has 0 radical (unpaired) electrons. The molecule has 0 saturated carbocycles. The van der Waals surface area contributed by atoms with Gasteiger partial charge in [-0.3, -0.25) is 19.0 Å². The van der Waals surface area contributed by atoms with Crippen molar-refractivity contribution in [2.24, 2.45) is 0 Å². The van der Waals surface area contributed by atoms with Crippen molar-refractivity contribution in [2.45, 2.75) is 39.3 Å². The first-order chi connectivity index (χ1) is 11.3. The zero-order valence-corrected chi connectivity index (χ0v) is 14.1. The van der Waals surface area contributed by atoms with Gasteiger partial charge in [-0.25, -0.2) is 4.98 Å². The Hall–Kier alpha value is -2.70. The van der Waals surface area contributed by atoms with Gasteiger partial charge < -0.3 is 10.6 Å². The molecule has 24 heavy (non-hydrogen) atoms. The third-order valence-corrected chi connectivity index (χ3v) is 3.27. The van der Waals surface area contributed by atoms with Gasteiger partial charge in [0.2, 0.25) is 11.8 Å². The quantitative estimate of drug-likeness (QED) is 0.849. The average molecular weight is 330 g/mol. The zero-order chi connectivity index (χ0) is 17.7. The molecule has 2 N–H and O–H groups in total. The van der Waals surface area contributed by atoms with E-state index in [2.05, 4.69) is 15.6 Å². The van der Waals surface area contributed by atoms with Crippen LogP contribution in [-0.2, 0) is 16.1 Å². The van der Waals surface area contributed by atoms with Crippen LogP contribution in [0, 0.1) is 0 Å². The van der Waals surface area contributed by atoms with Gasteiger partial charge in [0.1, 0.15) is 0 Å². The third kappa shape index (κ3) is 4.91. The second-order valence-corrected chi connectivity index (χ2v) is 6.59. The molecule has 1 aromatic carbocycles. The molecule has 7 nitrogen and oxygen atoms in total. The zero-order valence-electron chi connectivity index (χ0n) is 14.1. The molecule has 2 amide bonds. The molecular formula is C17H22N4O3. The highest BCUT2D eigenvalue weighted by molar-refractivity contribution is 5.85. The summed E-state index contributed by atoms with van der Waals surface area (Å²) in [6.07, 6.45) is 1.53. The predicted octanol–water partition coefficient (Wildman–Crippen LogP) is 0.817. The Bertz CT molecular complexity index is 805. The maximum Gasteiger partial charge on any atom is 0.261 e. The number of nitrogens with one attached hydrogen (secondary N) is 2. The minimum Gasteiger partial charge on any atom is -0.350 e. The van der Waals surface area contributed by atoms with Gasteiger partial charge in [0.05, 0.1) is 23.8 Å². The topological polar surface area (TPSA) is 93.1 Å². The summed E-state index contributed by atoms with van der Waals surface area (Å²) in [5.41, 5.74) is 0.104. The fourth-order valence-corrected chi connectivity index (χ4v) is 2.22. The van der Waals surface area contributed by atoms with Crippen LogP contribution < -0.4 is 16.2 Å². The van der Waals surface area contributed by atoms with Gasteiger partial charge in [-0.2, -0.15) is 0 Å². The van der Waals surface area contributed by atoms with Gasteiger partial charge in [-0.15, -0.1) is 0 Å². The summed E-state index contributed by atoms with van der Waals surface area (Å²) in [6, 6.07) is 7.06. The van der Waals surface area contributed by atoms with E-state index in [1.54, 1.807) is 18.2 Å². The number of nitrogens with zero attached hydrogens (tertiary/aromatic N) is 2. The van der Waals surface area contributed by atoms with Crippen LogP contribution in [0.25, 0.3) is 10.9 Å². The van der Waals surface area contributed by atoms with Gasteiger partial charge in [0.25, 0.3) is 5.56 Å². The highest BCUT2D eigenvalue weighted by Gasteiger charge is 2.14. The smallest absolute Gasteiger partial charge is 0.261 e. The molecule has 0 aliphatic rings. The Balaban J connectivity index is 1.89. The van der Waals surface area contributed by atoms with E-state index in [0.29, 0.717) is 10.9 Å². The summed E-state index contributed by atoms with van der Waals surface area (Å²) in [5.74, 6) is -0.542. The molecule has 0 unspecified atom stereocenters. The second kappa shape index (κ2) is 7.25. The standard InChI is InChI=1S/C17H22N4O3/c1-17(2,3)20-15(23)10-18-14(22)8-9-21-11-19-13-7-5-4-6-12(13)16(21)24/h4-7,11H,8-10H2,1-3H3,(H,18,22)(H,20,23). The normalized spacial score (nSPS) is 11.3. The van der Waals surface area contributed by atoms with Crippen LogP contribution in [0.2, 0.25) is 0 Å². The second-order valence-electron chi connectivity index (χ2n) is 6.59. The summed E-state index contributed by atoms with van der Waals surface area (Å²) in [5, 5.41) is 5.82. The highest BCUT2D eigenvalue weighted by atomic mass is 16.2. The number of carbonyl (C=O) groups excluding carboxylic acids is 2. The molecule has 1 aromatic heterocycles. The molecule has 0 bridgehead atoms. The number of para-hydroxylation sites is 1. The summed E-state index contributed by atoms with van der Waals surface area (Å²) in [6.45, 7) is 5.73. The van der Waals surface area contributed by atoms with Crippen LogP contribution in [0.5, 0.6) is 0 Å². The molecule has 128 valence electrons. The Morgan fingerprint density at radius 3 is 2.58 bits per heavy atom. The SMILES string of the molecule is CC(C)(C)NC(=O)CNC(=O)CCn1cnc2ccccc2c1=O. The Kier molecular flexibility index (Phi) is 5.33. The molecule has 0 atom stereocenters. The molecular weight excluding hydrogens is 308 g/mol. The molecule has 0 spiro atoms. The van der Waals surface area contributed by atoms with Crippen LogP contribution in [0.4, 0.5) is 0 Å². The van der Waals surface area contributed by atoms with Gasteiger partial charge in [0, 0.05) is 18.5 Å². The van der Waals surface area contributed by atoms with Crippen LogP contribution in [0.1, 0.15) is 27.2 Å². The number of amides is 2. The first-order valence-corrected chi connectivity index (χ1v) is 7.78. The molecule has 7 heteroatoms. The Morgan fingerprint density at radius 2 is 1.88 bits per heavy atom. The fraction of sp³-hybridized carbons (Fsp3) is 0.412. The lowest BCUT2D eigenvalue weighted by Gasteiger charge is -2.20. The van der Waals surface area contributed by atoms with Crippen molar-refractivity contribution in [1.29, 1.82) is 0 Å². The van der Waals surface area contributed by atoms with Crippen molar-refractivity contribution in [2.75, 3.05) is 6.54 Å². The average Bonchev–Trinajstić information content (AvgIpc) is 2.51. The fourth-order valence-electron chi connectivity index (χ4n) is 2.22. The Morgan fingerprint density at radius 1 is 1.17 bits per heavy atom. The van der Waals surface area contributed by atoms with Crippen LogP contribution in [0.15, 0.2) is 35.4 Å². The molecule has 2 aromatic rings. The maximum absolute atomic E-state index is 12.3. The number of hydrogen-bond donors (Lipinski definition) is 2. The number of rotatable bonds is 5. The van der Waals surface area contributed by atoms with E-state index in [1.165, 1.54) is 10.9 Å². The van der Waals surface area contributed by atoms with Crippen molar-refractivity contribution >= 4 is 22.7 Å². The highest BCUT2D eigenvalue weighted by Crippen LogP contribution is 2.04. The van der Waals surface area contributed by atoms with Crippen LogP contribution in [-0.4, -0.2) is 33.4 Å². The lowest BCUT2D eigenvalue weighted by Crippen LogP contribution is -2.46. The van der Waals surface area contributed by atoms with Crippen molar-refractivity contribution < 1.29 is 9.59 Å². The predicted molar refractivity (Wildman–Crippen MR) is 91.5 cm³/mol. The number of benzene rings is 1. The number of fused-ring (bicyclic) bond motifs is 1. The number of aryl methyl sites for hydroxylation is 1. The van der Waals surface area contributed by atoms with Crippen molar-refractivity contribution in [1.82, 2.24) is 20.2 Å². The van der Waals surface area contributed by atoms with E-state index in [-0.39, 0.29) is 42.4 Å². The van der Waals surface area contributed by atoms with Crippen LogP contribution in [0.3, 0.4) is 0 Å². The van der Waals surface area contributed by atoms with Crippen molar-refractivity contribution in [3.63, 3.8) is 0 Å². The van der Waals surface area contributed by atoms with Gasteiger partial charge in [-0.05, 0) is 32.9 Å². The van der Waals surface area contributed by atoms with E-state index in [1.807, 2.05) is 26.8 Å². The molecule has 0 aliphatic carbocycles. The summed E-state index contributed by atoms with van der Waals surface area (Å²) < 4.78 is 1.40. The lowest BCUT2D eigenvalue weighted by molar-refractivity contribution is -0.127. The molecule has 0 saturated heterocycles. The number of carbonyl (C=O) groups is 2. The lowest BCUT2D eigenvalue weighted by atomic mass is 10.1. The van der Waals surface area contributed by atoms with Gasteiger partial charge in [0.15, 0.2) is 0 Å². The van der Waals surface area contributed by atoms with Crippen LogP contribution >= 0.6 is 0 Å². The molecule has 2 rings (SSSR count). The monoisotopic (exact) mass is 330 g/mol. The summed E-state index contributed by atoms with van der Waals surface area (Å²) >= 11 is 0. The molecule has 1 heterocycles. The third-order valence-electron chi connectivity index (χ3n) is 3.27. The van der Waals surface area contributed by atoms with Crippen molar-refractivity contribution in [3.8, 4) is 0 Å². The number of hydrogen-bond acceptors (Lipinski definition) is 4. The number of aromatic nitrogens is 2. The maximum atomic E-state index is 12.3. The van der Waals surface area contributed by atoms with Gasteiger partial charge in [-0.1, -0.05) is 12.1 Å². The van der Waals surface area contributed by atoms with E-state index in [9.17, 15) is 14.4 Å². The van der Waals surface area contributed by atoms with E-state index in [0.717, 1.165) is 0 Å². The molecule has 0 aliphatic heterocycles. The van der Waals surface area contributed by atoms with E-state index >= 15 is 0 Å². The first kappa shape index (κ1) is 17.7. The first-order valence-electron chi connectivity index (χ1n) is 7.78. The molecule has 0 fully saturated rings.